The molecule has 1 fully saturated rings. The number of nitrogens with two attached hydrogens (primary N) is 1. The number of ether oxygens (including phenoxy) is 1. The molecular weight excluding hydrogens is 264 g/mol. The molecule has 21 heavy (non-hydrogen) atoms. The second-order valence-corrected chi connectivity index (χ2v) is 5.93. The summed E-state index contributed by atoms with van der Waals surface area (Å²) < 4.78 is 4.88. The Morgan fingerprint density at radius 1 is 1.29 bits per heavy atom. The van der Waals surface area contributed by atoms with E-state index in [9.17, 15) is 4.79 Å². The lowest BCUT2D eigenvalue weighted by atomic mass is 9.74. The van der Waals surface area contributed by atoms with E-state index < -0.39 is 0 Å². The average Bonchev–Trinajstić information content (AvgIpc) is 2.54. The Labute approximate surface area is 127 Å². The molecule has 0 saturated carbocycles. The number of piperidine rings is 1. The minimum Gasteiger partial charge on any atom is -0.465 e. The van der Waals surface area contributed by atoms with Gasteiger partial charge in [0.1, 0.15) is 0 Å². The van der Waals surface area contributed by atoms with Crippen molar-refractivity contribution >= 4 is 17.3 Å². The topological polar surface area (TPSA) is 55.6 Å². The molecule has 1 aliphatic heterocycles. The van der Waals surface area contributed by atoms with Gasteiger partial charge in [0, 0.05) is 13.1 Å². The van der Waals surface area contributed by atoms with Gasteiger partial charge in [-0.05, 0) is 30.4 Å². The molecule has 0 atom stereocenters. The third-order valence-electron chi connectivity index (χ3n) is 5.11. The van der Waals surface area contributed by atoms with Gasteiger partial charge in [-0.2, -0.15) is 0 Å². The zero-order valence-corrected chi connectivity index (χ0v) is 13.3. The van der Waals surface area contributed by atoms with E-state index in [0.29, 0.717) is 16.7 Å². The molecule has 0 bridgehead atoms. The fourth-order valence-corrected chi connectivity index (χ4v) is 3.35. The van der Waals surface area contributed by atoms with E-state index >= 15 is 0 Å². The molecule has 0 amide bonds. The van der Waals surface area contributed by atoms with E-state index in [2.05, 4.69) is 18.7 Å². The lowest BCUT2D eigenvalue weighted by Gasteiger charge is -2.42. The number of carbonyl (C=O) groups is 1. The Morgan fingerprint density at radius 3 is 2.43 bits per heavy atom. The summed E-state index contributed by atoms with van der Waals surface area (Å²) in [6.07, 6.45) is 4.72. The molecule has 1 saturated heterocycles. The second kappa shape index (κ2) is 6.37. The van der Waals surface area contributed by atoms with Gasteiger partial charge in [0.25, 0.3) is 0 Å². The van der Waals surface area contributed by atoms with Crippen molar-refractivity contribution in [2.75, 3.05) is 30.8 Å². The predicted octanol–water partition coefficient (Wildman–Crippen LogP) is 3.46. The maximum Gasteiger partial charge on any atom is 0.340 e. The highest BCUT2D eigenvalue weighted by Gasteiger charge is 2.33. The molecular formula is C17H26N2O2. The van der Waals surface area contributed by atoms with Crippen molar-refractivity contribution < 1.29 is 9.53 Å². The first-order valence-corrected chi connectivity index (χ1v) is 7.78. The summed E-state index contributed by atoms with van der Waals surface area (Å²) in [6, 6.07) is 5.44. The Bertz CT molecular complexity index is 500. The number of hydrogen-bond acceptors (Lipinski definition) is 4. The van der Waals surface area contributed by atoms with E-state index in [-0.39, 0.29) is 5.97 Å². The van der Waals surface area contributed by atoms with Crippen molar-refractivity contribution in [3.8, 4) is 0 Å². The fourth-order valence-electron chi connectivity index (χ4n) is 3.35. The van der Waals surface area contributed by atoms with Gasteiger partial charge in [-0.15, -0.1) is 0 Å². The van der Waals surface area contributed by atoms with Gasteiger partial charge in [0.05, 0.1) is 24.0 Å². The number of methoxy groups -OCH3 is 1. The molecule has 0 spiro atoms. The van der Waals surface area contributed by atoms with E-state index in [1.54, 1.807) is 12.1 Å². The van der Waals surface area contributed by atoms with Crippen LogP contribution in [0.25, 0.3) is 0 Å². The van der Waals surface area contributed by atoms with Crippen LogP contribution in [0.4, 0.5) is 11.4 Å². The standard InChI is InChI=1S/C17H26N2O2/c1-4-17(5-2)9-11-19(12-10-17)15-13(16(20)21-3)7-6-8-14(15)18/h6-8H,4-5,9-12,18H2,1-3H3. The van der Waals surface area contributed by atoms with E-state index in [0.717, 1.165) is 31.6 Å². The summed E-state index contributed by atoms with van der Waals surface area (Å²) in [5, 5.41) is 0. The first-order valence-electron chi connectivity index (χ1n) is 7.78. The maximum atomic E-state index is 12.0. The SMILES string of the molecule is CCC1(CC)CCN(c2c(N)cccc2C(=O)OC)CC1. The lowest BCUT2D eigenvalue weighted by Crippen LogP contribution is -2.40. The van der Waals surface area contributed by atoms with Crippen LogP contribution in [0.3, 0.4) is 0 Å². The third kappa shape index (κ3) is 2.99. The number of rotatable bonds is 4. The van der Waals surface area contributed by atoms with Crippen LogP contribution < -0.4 is 10.6 Å². The molecule has 116 valence electrons. The van der Waals surface area contributed by atoms with Gasteiger partial charge in [0.15, 0.2) is 0 Å². The molecule has 4 nitrogen and oxygen atoms in total. The van der Waals surface area contributed by atoms with Crippen LogP contribution >= 0.6 is 0 Å². The minimum atomic E-state index is -0.319. The molecule has 2 rings (SSSR count). The monoisotopic (exact) mass is 290 g/mol. The largest absolute Gasteiger partial charge is 0.465 e. The quantitative estimate of drug-likeness (QED) is 0.681. The van der Waals surface area contributed by atoms with Crippen LogP contribution in [0, 0.1) is 5.41 Å². The summed E-state index contributed by atoms with van der Waals surface area (Å²) in [4.78, 5) is 14.2. The Balaban J connectivity index is 2.26. The molecule has 1 aromatic rings. The van der Waals surface area contributed by atoms with Crippen LogP contribution in [0.1, 0.15) is 49.9 Å². The first-order chi connectivity index (χ1) is 10.1. The highest BCUT2D eigenvalue weighted by Crippen LogP contribution is 2.41. The van der Waals surface area contributed by atoms with Crippen LogP contribution in [0.5, 0.6) is 0 Å². The molecule has 0 radical (unpaired) electrons. The molecule has 1 aliphatic rings. The number of carbonyl (C=O) groups excluding carboxylic acids is 1. The average molecular weight is 290 g/mol. The number of esters is 1. The predicted molar refractivity (Wildman–Crippen MR) is 86.7 cm³/mol. The fraction of sp³-hybridized carbons (Fsp3) is 0.588. The van der Waals surface area contributed by atoms with E-state index in [4.69, 9.17) is 10.5 Å². The van der Waals surface area contributed by atoms with Crippen molar-refractivity contribution in [1.82, 2.24) is 0 Å². The Kier molecular flexibility index (Phi) is 4.76. The Morgan fingerprint density at radius 2 is 1.90 bits per heavy atom. The van der Waals surface area contributed by atoms with Crippen LogP contribution in [-0.4, -0.2) is 26.2 Å². The lowest BCUT2D eigenvalue weighted by molar-refractivity contribution is 0.0601. The zero-order valence-electron chi connectivity index (χ0n) is 13.3. The van der Waals surface area contributed by atoms with Crippen molar-refractivity contribution in [3.05, 3.63) is 23.8 Å². The van der Waals surface area contributed by atoms with Gasteiger partial charge in [0.2, 0.25) is 0 Å². The van der Waals surface area contributed by atoms with Gasteiger partial charge in [-0.25, -0.2) is 4.79 Å². The number of benzene rings is 1. The summed E-state index contributed by atoms with van der Waals surface area (Å²) in [7, 11) is 1.41. The van der Waals surface area contributed by atoms with Crippen LogP contribution in [-0.2, 0) is 4.74 Å². The van der Waals surface area contributed by atoms with Gasteiger partial charge in [-0.3, -0.25) is 0 Å². The van der Waals surface area contributed by atoms with Gasteiger partial charge in [-0.1, -0.05) is 32.8 Å². The van der Waals surface area contributed by atoms with Crippen molar-refractivity contribution in [2.24, 2.45) is 5.41 Å². The molecule has 0 aromatic heterocycles. The van der Waals surface area contributed by atoms with Crippen molar-refractivity contribution in [1.29, 1.82) is 0 Å². The zero-order chi connectivity index (χ0) is 15.5. The van der Waals surface area contributed by atoms with Gasteiger partial charge < -0.3 is 15.4 Å². The number of nitrogen functional groups attached to an aromatic ring is 1. The first kappa shape index (κ1) is 15.7. The molecule has 1 aromatic carbocycles. The van der Waals surface area contributed by atoms with Crippen LogP contribution in [0.2, 0.25) is 0 Å². The van der Waals surface area contributed by atoms with E-state index in [1.807, 2.05) is 6.07 Å². The van der Waals surface area contributed by atoms with Crippen molar-refractivity contribution in [2.45, 2.75) is 39.5 Å². The summed E-state index contributed by atoms with van der Waals surface area (Å²) in [6.45, 7) is 6.44. The van der Waals surface area contributed by atoms with Crippen molar-refractivity contribution in [3.63, 3.8) is 0 Å². The Hall–Kier alpha value is -1.71. The number of nitrogens with zero attached hydrogens (tertiary/aromatic N) is 1. The number of para-hydroxylation sites is 1. The highest BCUT2D eigenvalue weighted by molar-refractivity contribution is 5.99. The minimum absolute atomic E-state index is 0.319. The van der Waals surface area contributed by atoms with Crippen LogP contribution in [0.15, 0.2) is 18.2 Å². The summed E-state index contributed by atoms with van der Waals surface area (Å²) in [5.41, 5.74) is 8.63. The molecule has 0 unspecified atom stereocenters. The smallest absolute Gasteiger partial charge is 0.340 e. The summed E-state index contributed by atoms with van der Waals surface area (Å²) in [5.74, 6) is -0.319. The highest BCUT2D eigenvalue weighted by atomic mass is 16.5. The molecule has 2 N–H and O–H groups in total. The second-order valence-electron chi connectivity index (χ2n) is 5.93. The molecule has 1 heterocycles. The normalized spacial score (nSPS) is 17.6. The maximum absolute atomic E-state index is 12.0. The molecule has 0 aliphatic carbocycles. The number of anilines is 2. The van der Waals surface area contributed by atoms with E-state index in [1.165, 1.54) is 20.0 Å². The molecule has 4 heteroatoms. The third-order valence-corrected chi connectivity index (χ3v) is 5.11. The summed E-state index contributed by atoms with van der Waals surface area (Å²) >= 11 is 0. The number of hydrogen-bond donors (Lipinski definition) is 1. The van der Waals surface area contributed by atoms with Gasteiger partial charge >= 0.3 is 5.97 Å².